The van der Waals surface area contributed by atoms with Crippen LogP contribution in [-0.2, 0) is 16.4 Å². The zero-order valence-electron chi connectivity index (χ0n) is 9.20. The fraction of sp³-hybridized carbons (Fsp3) is 0.429. The molecular weight excluding hydrogens is 278 g/mol. The second kappa shape index (κ2) is 5.37. The Balaban J connectivity index is 1.82. The molecule has 2 rings (SSSR count). The molecule has 11 heteroatoms. The van der Waals surface area contributed by atoms with Crippen molar-refractivity contribution in [3.8, 4) is 0 Å². The molecule has 0 aliphatic rings. The molecule has 2 aromatic heterocycles. The van der Waals surface area contributed by atoms with Gasteiger partial charge in [-0.25, -0.2) is 18.1 Å². The van der Waals surface area contributed by atoms with Gasteiger partial charge in [-0.05, 0) is 6.42 Å². The minimum Gasteiger partial charge on any atom is -0.374 e. The van der Waals surface area contributed by atoms with Crippen LogP contribution in [0, 0.1) is 0 Å². The minimum absolute atomic E-state index is 0.122. The summed E-state index contributed by atoms with van der Waals surface area (Å²) >= 11 is 0.827. The highest BCUT2D eigenvalue weighted by Crippen LogP contribution is 2.16. The van der Waals surface area contributed by atoms with Crippen LogP contribution in [0.1, 0.15) is 12.2 Å². The van der Waals surface area contributed by atoms with Gasteiger partial charge in [0, 0.05) is 13.0 Å². The van der Waals surface area contributed by atoms with E-state index in [4.69, 9.17) is 5.73 Å². The molecule has 2 aromatic rings. The Morgan fingerprint density at radius 1 is 1.44 bits per heavy atom. The molecule has 0 fully saturated rings. The highest BCUT2D eigenvalue weighted by molar-refractivity contribution is 7.91. The Hall–Kier alpha value is -1.59. The maximum atomic E-state index is 11.7. The topological polar surface area (TPSA) is 140 Å². The summed E-state index contributed by atoms with van der Waals surface area (Å²) < 4.78 is 25.7. The summed E-state index contributed by atoms with van der Waals surface area (Å²) in [5.74, 6) is 0.717. The number of aromatic nitrogens is 5. The number of nitrogen functional groups attached to an aromatic ring is 1. The Bertz CT molecular complexity index is 591. The molecule has 0 amide bonds. The lowest BCUT2D eigenvalue weighted by Crippen LogP contribution is -2.25. The number of nitrogens with two attached hydrogens (primary N) is 1. The van der Waals surface area contributed by atoms with Crippen molar-refractivity contribution in [2.75, 3.05) is 12.3 Å². The first-order chi connectivity index (χ1) is 8.58. The number of rotatable bonds is 6. The van der Waals surface area contributed by atoms with Gasteiger partial charge in [-0.2, -0.15) is 5.10 Å². The molecule has 4 N–H and O–H groups in total. The molecular formula is C7H11N7O2S2. The van der Waals surface area contributed by atoms with E-state index in [1.807, 2.05) is 0 Å². The van der Waals surface area contributed by atoms with Gasteiger partial charge in [0.1, 0.15) is 12.2 Å². The van der Waals surface area contributed by atoms with Crippen molar-refractivity contribution in [3.63, 3.8) is 0 Å². The van der Waals surface area contributed by atoms with Crippen LogP contribution in [0.25, 0.3) is 0 Å². The van der Waals surface area contributed by atoms with Crippen molar-refractivity contribution >= 4 is 26.5 Å². The second-order valence-corrected chi connectivity index (χ2v) is 6.29. The average molecular weight is 289 g/mol. The Morgan fingerprint density at radius 3 is 2.89 bits per heavy atom. The van der Waals surface area contributed by atoms with Crippen LogP contribution >= 0.6 is 11.3 Å². The molecule has 0 radical (unpaired) electrons. The smallest absolute Gasteiger partial charge is 0.269 e. The van der Waals surface area contributed by atoms with Crippen LogP contribution in [0.4, 0.5) is 5.13 Å². The molecule has 0 saturated carbocycles. The van der Waals surface area contributed by atoms with Crippen LogP contribution in [0.5, 0.6) is 0 Å². The van der Waals surface area contributed by atoms with E-state index >= 15 is 0 Å². The monoisotopic (exact) mass is 289 g/mol. The third-order valence-electron chi connectivity index (χ3n) is 2.00. The van der Waals surface area contributed by atoms with Crippen LogP contribution in [0.15, 0.2) is 10.7 Å². The molecule has 18 heavy (non-hydrogen) atoms. The first-order valence-corrected chi connectivity index (χ1v) is 7.31. The molecule has 0 bridgehead atoms. The van der Waals surface area contributed by atoms with Crippen molar-refractivity contribution in [1.82, 2.24) is 30.1 Å². The first-order valence-electron chi connectivity index (χ1n) is 5.01. The molecule has 0 aliphatic heterocycles. The lowest BCUT2D eigenvalue weighted by Gasteiger charge is -2.01. The number of sulfonamides is 1. The van der Waals surface area contributed by atoms with E-state index < -0.39 is 10.0 Å². The highest BCUT2D eigenvalue weighted by atomic mass is 32.2. The third kappa shape index (κ3) is 3.21. The predicted molar refractivity (Wildman–Crippen MR) is 64.2 cm³/mol. The quantitative estimate of drug-likeness (QED) is 0.588. The lowest BCUT2D eigenvalue weighted by atomic mass is 10.3. The van der Waals surface area contributed by atoms with Gasteiger partial charge < -0.3 is 5.73 Å². The third-order valence-corrected chi connectivity index (χ3v) is 4.58. The van der Waals surface area contributed by atoms with Crippen molar-refractivity contribution in [2.45, 2.75) is 17.2 Å². The highest BCUT2D eigenvalue weighted by Gasteiger charge is 2.18. The average Bonchev–Trinajstić information content (AvgIpc) is 2.95. The van der Waals surface area contributed by atoms with Gasteiger partial charge in [-0.15, -0.1) is 10.2 Å². The van der Waals surface area contributed by atoms with Gasteiger partial charge in [0.2, 0.25) is 9.47 Å². The number of nitrogens with zero attached hydrogens (tertiary/aromatic N) is 4. The van der Waals surface area contributed by atoms with Gasteiger partial charge in [0.05, 0.1) is 0 Å². The molecule has 0 aromatic carbocycles. The number of aromatic amines is 1. The van der Waals surface area contributed by atoms with Gasteiger partial charge in [0.25, 0.3) is 10.0 Å². The number of aryl methyl sites for hydroxylation is 1. The standard InChI is InChI=1S/C7H11N7O2S2/c8-6-13-14-7(17-6)18(15,16)11-3-1-2-5-9-4-10-12-5/h4,11H,1-3H2,(H2,8,13)(H,9,10,12). The summed E-state index contributed by atoms with van der Waals surface area (Å²) in [4.78, 5) is 3.93. The summed E-state index contributed by atoms with van der Waals surface area (Å²) in [6.45, 7) is 0.280. The molecule has 0 saturated heterocycles. The van der Waals surface area contributed by atoms with E-state index in [-0.39, 0.29) is 16.0 Å². The zero-order valence-corrected chi connectivity index (χ0v) is 10.8. The normalized spacial score (nSPS) is 11.8. The van der Waals surface area contributed by atoms with Crippen molar-refractivity contribution in [3.05, 3.63) is 12.2 Å². The van der Waals surface area contributed by atoms with E-state index in [0.29, 0.717) is 18.7 Å². The Kier molecular flexibility index (Phi) is 3.84. The predicted octanol–water partition coefficient (Wildman–Crippen LogP) is -0.851. The largest absolute Gasteiger partial charge is 0.374 e. The molecule has 0 atom stereocenters. The number of anilines is 1. The summed E-state index contributed by atoms with van der Waals surface area (Å²) in [5.41, 5.74) is 5.33. The summed E-state index contributed by atoms with van der Waals surface area (Å²) in [5, 5.41) is 13.4. The molecule has 0 spiro atoms. The van der Waals surface area contributed by atoms with Crippen LogP contribution in [0.3, 0.4) is 0 Å². The van der Waals surface area contributed by atoms with Gasteiger partial charge in [-0.1, -0.05) is 11.3 Å². The summed E-state index contributed by atoms with van der Waals surface area (Å²) in [6.07, 6.45) is 2.62. The number of hydrogen-bond acceptors (Lipinski definition) is 8. The minimum atomic E-state index is -3.61. The second-order valence-electron chi connectivity index (χ2n) is 3.34. The molecule has 98 valence electrons. The van der Waals surface area contributed by atoms with E-state index in [2.05, 4.69) is 30.1 Å². The van der Waals surface area contributed by atoms with Crippen LogP contribution < -0.4 is 10.5 Å². The SMILES string of the molecule is Nc1nnc(S(=O)(=O)NCCCc2ncn[nH]2)s1. The molecule has 0 aliphatic carbocycles. The fourth-order valence-corrected chi connectivity index (χ4v) is 3.10. The first kappa shape index (κ1) is 12.9. The van der Waals surface area contributed by atoms with E-state index in [9.17, 15) is 8.42 Å². The zero-order chi connectivity index (χ0) is 13.0. The summed E-state index contributed by atoms with van der Waals surface area (Å²) in [6, 6.07) is 0. The number of H-pyrrole nitrogens is 1. The molecule has 9 nitrogen and oxygen atoms in total. The maximum absolute atomic E-state index is 11.7. The van der Waals surface area contributed by atoms with Crippen molar-refractivity contribution < 1.29 is 8.42 Å². The fourth-order valence-electron chi connectivity index (χ4n) is 1.20. The van der Waals surface area contributed by atoms with Crippen molar-refractivity contribution in [1.29, 1.82) is 0 Å². The Morgan fingerprint density at radius 2 is 2.28 bits per heavy atom. The van der Waals surface area contributed by atoms with Crippen LogP contribution in [0.2, 0.25) is 0 Å². The number of hydrogen-bond donors (Lipinski definition) is 3. The van der Waals surface area contributed by atoms with Gasteiger partial charge in [-0.3, -0.25) is 5.10 Å². The van der Waals surface area contributed by atoms with Crippen LogP contribution in [-0.4, -0.2) is 40.3 Å². The van der Waals surface area contributed by atoms with E-state index in [1.165, 1.54) is 6.33 Å². The number of nitrogens with one attached hydrogen (secondary N) is 2. The van der Waals surface area contributed by atoms with Crippen molar-refractivity contribution in [2.24, 2.45) is 0 Å². The van der Waals surface area contributed by atoms with Gasteiger partial charge in [0.15, 0.2) is 0 Å². The maximum Gasteiger partial charge on any atom is 0.269 e. The van der Waals surface area contributed by atoms with E-state index in [1.54, 1.807) is 0 Å². The Labute approximate surface area is 107 Å². The lowest BCUT2D eigenvalue weighted by molar-refractivity contribution is 0.576. The molecule has 2 heterocycles. The van der Waals surface area contributed by atoms with Gasteiger partial charge >= 0.3 is 0 Å². The molecule has 0 unspecified atom stereocenters. The van der Waals surface area contributed by atoms with E-state index in [0.717, 1.165) is 11.3 Å². The summed E-state index contributed by atoms with van der Waals surface area (Å²) in [7, 11) is -3.61.